The molecule has 4 rings (SSSR count). The Kier molecular flexibility index (Phi) is 4.97. The number of fused-ring (bicyclic) bond motifs is 1. The van der Waals surface area contributed by atoms with Crippen molar-refractivity contribution >= 4 is 39.7 Å². The van der Waals surface area contributed by atoms with Gasteiger partial charge in [-0.25, -0.2) is 9.97 Å². The van der Waals surface area contributed by atoms with Crippen molar-refractivity contribution < 1.29 is 4.92 Å². The Balaban J connectivity index is 1.43. The fourth-order valence-corrected chi connectivity index (χ4v) is 3.73. The Labute approximate surface area is 166 Å². The van der Waals surface area contributed by atoms with E-state index in [2.05, 4.69) is 19.8 Å². The molecule has 1 aliphatic heterocycles. The second-order valence-electron chi connectivity index (χ2n) is 6.70. The maximum Gasteiger partial charge on any atom is 0.271 e. The molecule has 28 heavy (non-hydrogen) atoms. The number of nitro benzene ring substituents is 1. The van der Waals surface area contributed by atoms with Crippen molar-refractivity contribution in [1.82, 2.24) is 14.9 Å². The van der Waals surface area contributed by atoms with E-state index in [-0.39, 0.29) is 5.69 Å². The van der Waals surface area contributed by atoms with Crippen LogP contribution in [-0.4, -0.2) is 46.0 Å². The molecule has 144 valence electrons. The first-order chi connectivity index (χ1) is 13.5. The van der Waals surface area contributed by atoms with Crippen LogP contribution in [0.5, 0.6) is 0 Å². The molecule has 1 aliphatic rings. The minimum atomic E-state index is -0.442. The molecule has 0 aliphatic carbocycles. The number of piperazine rings is 1. The molecule has 1 fully saturated rings. The van der Waals surface area contributed by atoms with Gasteiger partial charge in [0.2, 0.25) is 0 Å². The van der Waals surface area contributed by atoms with Gasteiger partial charge in [0.1, 0.15) is 11.6 Å². The summed E-state index contributed by atoms with van der Waals surface area (Å²) in [4.78, 5) is 23.9. The number of hydrogen-bond donors (Lipinski definition) is 1. The van der Waals surface area contributed by atoms with Crippen LogP contribution in [0.1, 0.15) is 5.82 Å². The summed E-state index contributed by atoms with van der Waals surface area (Å²) in [5, 5.41) is 12.1. The van der Waals surface area contributed by atoms with Crippen LogP contribution in [0.2, 0.25) is 5.02 Å². The van der Waals surface area contributed by atoms with Gasteiger partial charge in [0.05, 0.1) is 27.7 Å². The highest BCUT2D eigenvalue weighted by Gasteiger charge is 2.21. The molecule has 0 unspecified atom stereocenters. The summed E-state index contributed by atoms with van der Waals surface area (Å²) in [6, 6.07) is 12.3. The molecule has 2 N–H and O–H groups in total. The first kappa shape index (κ1) is 18.4. The summed E-state index contributed by atoms with van der Waals surface area (Å²) >= 11 is 6.25. The molecule has 2 heterocycles. The van der Waals surface area contributed by atoms with Gasteiger partial charge in [-0.3, -0.25) is 15.0 Å². The molecule has 8 nitrogen and oxygen atoms in total. The van der Waals surface area contributed by atoms with Gasteiger partial charge in [0, 0.05) is 43.7 Å². The number of anilines is 2. The fraction of sp³-hybridized carbons (Fsp3) is 0.263. The van der Waals surface area contributed by atoms with E-state index in [4.69, 9.17) is 17.3 Å². The molecular formula is C19H19ClN6O2. The minimum Gasteiger partial charge on any atom is -0.383 e. The van der Waals surface area contributed by atoms with Crippen LogP contribution in [0.25, 0.3) is 10.9 Å². The Bertz CT molecular complexity index is 1040. The van der Waals surface area contributed by atoms with Gasteiger partial charge >= 0.3 is 0 Å². The second kappa shape index (κ2) is 7.57. The summed E-state index contributed by atoms with van der Waals surface area (Å²) in [5.41, 5.74) is 7.73. The first-order valence-electron chi connectivity index (χ1n) is 8.93. The summed E-state index contributed by atoms with van der Waals surface area (Å²) < 4.78 is 0. The summed E-state index contributed by atoms with van der Waals surface area (Å²) in [7, 11) is 0. The lowest BCUT2D eigenvalue weighted by molar-refractivity contribution is -0.384. The Morgan fingerprint density at radius 3 is 2.57 bits per heavy atom. The minimum absolute atomic E-state index is 0.00146. The third-order valence-corrected chi connectivity index (χ3v) is 5.20. The van der Waals surface area contributed by atoms with Crippen molar-refractivity contribution in [2.45, 2.75) is 6.54 Å². The van der Waals surface area contributed by atoms with E-state index >= 15 is 0 Å². The SMILES string of the molecule is Nc1nc(CN2CCN(c3ccc([N+](=O)[O-])cc3Cl)CC2)nc2ccccc12. The molecule has 0 radical (unpaired) electrons. The average Bonchev–Trinajstić information content (AvgIpc) is 2.69. The number of nitro groups is 1. The maximum absolute atomic E-state index is 10.9. The highest BCUT2D eigenvalue weighted by atomic mass is 35.5. The zero-order valence-corrected chi connectivity index (χ0v) is 15.8. The quantitative estimate of drug-likeness (QED) is 0.532. The molecule has 0 atom stereocenters. The van der Waals surface area contributed by atoms with E-state index in [1.54, 1.807) is 6.07 Å². The second-order valence-corrected chi connectivity index (χ2v) is 7.11. The lowest BCUT2D eigenvalue weighted by Gasteiger charge is -2.36. The number of nitrogen functional groups attached to an aromatic ring is 1. The van der Waals surface area contributed by atoms with Crippen molar-refractivity contribution in [2.75, 3.05) is 36.8 Å². The predicted octanol–water partition coefficient (Wildman–Crippen LogP) is 3.10. The number of hydrogen-bond acceptors (Lipinski definition) is 7. The number of non-ortho nitro benzene ring substituents is 1. The largest absolute Gasteiger partial charge is 0.383 e. The summed E-state index contributed by atoms with van der Waals surface area (Å²) in [6.07, 6.45) is 0. The Hall–Kier alpha value is -2.97. The van der Waals surface area contributed by atoms with Crippen molar-refractivity contribution in [2.24, 2.45) is 0 Å². The number of benzene rings is 2. The lowest BCUT2D eigenvalue weighted by atomic mass is 10.2. The molecule has 0 spiro atoms. The van der Waals surface area contributed by atoms with E-state index in [0.717, 1.165) is 42.8 Å². The van der Waals surface area contributed by atoms with Gasteiger partial charge in [-0.05, 0) is 18.2 Å². The molecule has 0 saturated carbocycles. The van der Waals surface area contributed by atoms with Crippen LogP contribution < -0.4 is 10.6 Å². The molecule has 2 aromatic carbocycles. The lowest BCUT2D eigenvalue weighted by Crippen LogP contribution is -2.46. The number of rotatable bonds is 4. The highest BCUT2D eigenvalue weighted by Crippen LogP contribution is 2.30. The van der Waals surface area contributed by atoms with Gasteiger partial charge in [-0.15, -0.1) is 0 Å². The molecule has 0 bridgehead atoms. The van der Waals surface area contributed by atoms with Crippen molar-refractivity contribution in [1.29, 1.82) is 0 Å². The molecule has 9 heteroatoms. The normalized spacial score (nSPS) is 15.1. The topological polar surface area (TPSA) is 101 Å². The number of aromatic nitrogens is 2. The molecular weight excluding hydrogens is 380 g/mol. The van der Waals surface area contributed by atoms with Crippen LogP contribution in [0.15, 0.2) is 42.5 Å². The van der Waals surface area contributed by atoms with Gasteiger partial charge in [-0.1, -0.05) is 23.7 Å². The van der Waals surface area contributed by atoms with Gasteiger partial charge in [0.15, 0.2) is 0 Å². The van der Waals surface area contributed by atoms with Gasteiger partial charge in [-0.2, -0.15) is 0 Å². The monoisotopic (exact) mass is 398 g/mol. The zero-order valence-electron chi connectivity index (χ0n) is 15.1. The van der Waals surface area contributed by atoms with E-state index in [9.17, 15) is 10.1 Å². The van der Waals surface area contributed by atoms with Gasteiger partial charge in [0.25, 0.3) is 5.69 Å². The highest BCUT2D eigenvalue weighted by molar-refractivity contribution is 6.33. The number of para-hydroxylation sites is 1. The van der Waals surface area contributed by atoms with Crippen molar-refractivity contribution in [3.63, 3.8) is 0 Å². The Morgan fingerprint density at radius 1 is 1.11 bits per heavy atom. The third kappa shape index (κ3) is 3.69. The third-order valence-electron chi connectivity index (χ3n) is 4.90. The van der Waals surface area contributed by atoms with E-state index in [1.165, 1.54) is 12.1 Å². The van der Waals surface area contributed by atoms with Crippen LogP contribution in [0, 0.1) is 10.1 Å². The van der Waals surface area contributed by atoms with E-state index < -0.39 is 4.92 Å². The van der Waals surface area contributed by atoms with Crippen LogP contribution in [0.3, 0.4) is 0 Å². The Morgan fingerprint density at radius 2 is 1.86 bits per heavy atom. The fourth-order valence-electron chi connectivity index (χ4n) is 3.43. The zero-order chi connectivity index (χ0) is 19.7. The van der Waals surface area contributed by atoms with Crippen molar-refractivity contribution in [3.05, 3.63) is 63.4 Å². The molecule has 3 aromatic rings. The average molecular weight is 399 g/mol. The molecule has 1 saturated heterocycles. The smallest absolute Gasteiger partial charge is 0.271 e. The number of nitrogens with two attached hydrogens (primary N) is 1. The maximum atomic E-state index is 10.9. The summed E-state index contributed by atoms with van der Waals surface area (Å²) in [6.45, 7) is 3.77. The molecule has 1 aromatic heterocycles. The number of halogens is 1. The van der Waals surface area contributed by atoms with Crippen molar-refractivity contribution in [3.8, 4) is 0 Å². The van der Waals surface area contributed by atoms with Crippen LogP contribution in [-0.2, 0) is 6.54 Å². The van der Waals surface area contributed by atoms with Crippen LogP contribution >= 0.6 is 11.6 Å². The van der Waals surface area contributed by atoms with E-state index in [0.29, 0.717) is 23.2 Å². The van der Waals surface area contributed by atoms with E-state index in [1.807, 2.05) is 24.3 Å². The predicted molar refractivity (Wildman–Crippen MR) is 110 cm³/mol. The standard InChI is InChI=1S/C19H19ClN6O2/c20-15-11-13(26(27)28)5-6-17(15)25-9-7-24(8-10-25)12-18-22-16-4-2-1-3-14(16)19(21)23-18/h1-6,11H,7-10,12H2,(H2,21,22,23). The van der Waals surface area contributed by atoms with Crippen LogP contribution in [0.4, 0.5) is 17.2 Å². The molecule has 0 amide bonds. The first-order valence-corrected chi connectivity index (χ1v) is 9.31. The number of nitrogens with zero attached hydrogens (tertiary/aromatic N) is 5. The van der Waals surface area contributed by atoms with Gasteiger partial charge < -0.3 is 10.6 Å². The summed E-state index contributed by atoms with van der Waals surface area (Å²) in [5.74, 6) is 1.20.